The van der Waals surface area contributed by atoms with Gasteiger partial charge in [-0.1, -0.05) is 13.8 Å². The zero-order valence-corrected chi connectivity index (χ0v) is 12.4. The Balaban J connectivity index is 2.29. The topological polar surface area (TPSA) is 36.9 Å². The summed E-state index contributed by atoms with van der Waals surface area (Å²) in [6.07, 6.45) is 3.66. The third-order valence-corrected chi connectivity index (χ3v) is 3.41. The molecular weight excluding hydrogens is 226 g/mol. The van der Waals surface area contributed by atoms with Crippen LogP contribution in [0.4, 0.5) is 0 Å². The zero-order valence-electron chi connectivity index (χ0n) is 12.4. The Morgan fingerprint density at radius 2 is 2.28 bits per heavy atom. The molecule has 0 radical (unpaired) electrons. The third-order valence-electron chi connectivity index (χ3n) is 3.41. The summed E-state index contributed by atoms with van der Waals surface area (Å²) in [5, 5.41) is 3.42. The maximum atomic E-state index is 5.05. The number of hydrogen-bond acceptors (Lipinski definition) is 2. The largest absolute Gasteiger partial charge is 0.385 e. The molecule has 1 aliphatic heterocycles. The first-order chi connectivity index (χ1) is 8.67. The Morgan fingerprint density at radius 3 is 2.89 bits per heavy atom. The molecule has 18 heavy (non-hydrogen) atoms. The molecule has 4 nitrogen and oxygen atoms in total. The van der Waals surface area contributed by atoms with Gasteiger partial charge in [0.1, 0.15) is 0 Å². The number of hydrogen-bond donors (Lipinski definition) is 1. The molecule has 0 saturated carbocycles. The molecule has 0 bridgehead atoms. The molecule has 0 spiro atoms. The molecule has 1 unspecified atom stereocenters. The number of ether oxygens (including phenoxy) is 1. The van der Waals surface area contributed by atoms with Gasteiger partial charge in [0.25, 0.3) is 0 Å². The minimum atomic E-state index is 0.798. The maximum Gasteiger partial charge on any atom is 0.193 e. The van der Waals surface area contributed by atoms with E-state index in [0.29, 0.717) is 0 Å². The average molecular weight is 255 g/mol. The maximum absolute atomic E-state index is 5.05. The molecule has 1 rings (SSSR count). The molecule has 0 aromatic carbocycles. The van der Waals surface area contributed by atoms with Gasteiger partial charge in [-0.3, -0.25) is 4.99 Å². The Kier molecular flexibility index (Phi) is 7.09. The van der Waals surface area contributed by atoms with E-state index in [1.54, 1.807) is 7.11 Å². The van der Waals surface area contributed by atoms with E-state index in [9.17, 15) is 0 Å². The molecule has 0 aromatic rings. The molecule has 0 aromatic heterocycles. The predicted molar refractivity (Wildman–Crippen MR) is 77.0 cm³/mol. The van der Waals surface area contributed by atoms with Crippen molar-refractivity contribution in [3.63, 3.8) is 0 Å². The van der Waals surface area contributed by atoms with Crippen LogP contribution in [0.2, 0.25) is 0 Å². The summed E-state index contributed by atoms with van der Waals surface area (Å²) in [6, 6.07) is 0. The average Bonchev–Trinajstić information content (AvgIpc) is 2.77. The van der Waals surface area contributed by atoms with Crippen LogP contribution in [0, 0.1) is 11.8 Å². The summed E-state index contributed by atoms with van der Waals surface area (Å²) in [5.41, 5.74) is 0. The summed E-state index contributed by atoms with van der Waals surface area (Å²) >= 11 is 0. The second-order valence-electron chi connectivity index (χ2n) is 5.55. The van der Waals surface area contributed by atoms with E-state index in [-0.39, 0.29) is 0 Å². The van der Waals surface area contributed by atoms with Crippen molar-refractivity contribution < 1.29 is 4.74 Å². The normalized spacial score (nSPS) is 20.8. The highest BCUT2D eigenvalue weighted by Gasteiger charge is 2.24. The lowest BCUT2D eigenvalue weighted by Gasteiger charge is -2.22. The number of guanidine groups is 1. The first-order valence-electron chi connectivity index (χ1n) is 7.12. The molecule has 1 fully saturated rings. The molecule has 0 aliphatic carbocycles. The van der Waals surface area contributed by atoms with Crippen molar-refractivity contribution in [2.45, 2.75) is 33.1 Å². The highest BCUT2D eigenvalue weighted by atomic mass is 16.5. The van der Waals surface area contributed by atoms with Crippen LogP contribution in [0.25, 0.3) is 0 Å². The molecule has 1 saturated heterocycles. The van der Waals surface area contributed by atoms with Gasteiger partial charge in [0.05, 0.1) is 0 Å². The van der Waals surface area contributed by atoms with Crippen LogP contribution in [0.1, 0.15) is 33.1 Å². The van der Waals surface area contributed by atoms with Crippen LogP contribution in [-0.2, 0) is 4.74 Å². The summed E-state index contributed by atoms with van der Waals surface area (Å²) in [5.74, 6) is 2.69. The Bertz CT molecular complexity index is 253. The second-order valence-corrected chi connectivity index (χ2v) is 5.55. The van der Waals surface area contributed by atoms with E-state index >= 15 is 0 Å². The molecule has 1 heterocycles. The van der Waals surface area contributed by atoms with Crippen LogP contribution >= 0.6 is 0 Å². The fourth-order valence-corrected chi connectivity index (χ4v) is 2.63. The second kappa shape index (κ2) is 8.35. The Morgan fingerprint density at radius 1 is 1.50 bits per heavy atom. The van der Waals surface area contributed by atoms with Gasteiger partial charge >= 0.3 is 0 Å². The summed E-state index contributed by atoms with van der Waals surface area (Å²) in [4.78, 5) is 6.76. The SMILES string of the molecule is CN=C(NCCCOC)N1CCC(CC(C)C)C1. The smallest absolute Gasteiger partial charge is 0.193 e. The predicted octanol–water partition coefficient (Wildman–Crippen LogP) is 1.97. The molecule has 1 N–H and O–H groups in total. The Hall–Kier alpha value is -0.770. The van der Waals surface area contributed by atoms with E-state index in [2.05, 4.69) is 29.1 Å². The monoisotopic (exact) mass is 255 g/mol. The van der Waals surface area contributed by atoms with Gasteiger partial charge in [-0.25, -0.2) is 0 Å². The Labute approximate surface area is 112 Å². The van der Waals surface area contributed by atoms with Crippen molar-refractivity contribution in [3.8, 4) is 0 Å². The van der Waals surface area contributed by atoms with Gasteiger partial charge in [-0.15, -0.1) is 0 Å². The van der Waals surface area contributed by atoms with Crippen molar-refractivity contribution in [1.29, 1.82) is 0 Å². The zero-order chi connectivity index (χ0) is 13.4. The standard InChI is InChI=1S/C14H29N3O/c1-12(2)10-13-6-8-17(11-13)14(15-3)16-7-5-9-18-4/h12-13H,5-11H2,1-4H3,(H,15,16). The van der Waals surface area contributed by atoms with Crippen LogP contribution in [-0.4, -0.2) is 51.3 Å². The van der Waals surface area contributed by atoms with Gasteiger partial charge < -0.3 is 15.0 Å². The third kappa shape index (κ3) is 5.25. The van der Waals surface area contributed by atoms with Crippen LogP contribution in [0.3, 0.4) is 0 Å². The summed E-state index contributed by atoms with van der Waals surface area (Å²) in [7, 11) is 3.61. The number of nitrogens with one attached hydrogen (secondary N) is 1. The molecule has 1 aliphatic rings. The van der Waals surface area contributed by atoms with Crippen LogP contribution in [0.5, 0.6) is 0 Å². The van der Waals surface area contributed by atoms with Crippen LogP contribution in [0.15, 0.2) is 4.99 Å². The fourth-order valence-electron chi connectivity index (χ4n) is 2.63. The quantitative estimate of drug-likeness (QED) is 0.448. The molecule has 4 heteroatoms. The molecular formula is C14H29N3O. The molecule has 1 atom stereocenters. The highest BCUT2D eigenvalue weighted by molar-refractivity contribution is 5.80. The minimum Gasteiger partial charge on any atom is -0.385 e. The van der Waals surface area contributed by atoms with E-state index in [1.807, 2.05) is 7.05 Å². The minimum absolute atomic E-state index is 0.798. The van der Waals surface area contributed by atoms with Crippen molar-refractivity contribution in [2.24, 2.45) is 16.8 Å². The number of nitrogens with zero attached hydrogens (tertiary/aromatic N) is 2. The van der Waals surface area contributed by atoms with Gasteiger partial charge in [0, 0.05) is 40.4 Å². The molecule has 0 amide bonds. The van der Waals surface area contributed by atoms with Crippen molar-refractivity contribution in [1.82, 2.24) is 10.2 Å². The van der Waals surface area contributed by atoms with E-state index in [4.69, 9.17) is 4.74 Å². The van der Waals surface area contributed by atoms with Gasteiger partial charge in [-0.05, 0) is 31.1 Å². The first-order valence-corrected chi connectivity index (χ1v) is 7.12. The molecule has 106 valence electrons. The van der Waals surface area contributed by atoms with Gasteiger partial charge in [0.15, 0.2) is 5.96 Å². The summed E-state index contributed by atoms with van der Waals surface area (Å²) in [6.45, 7) is 8.65. The highest BCUT2D eigenvalue weighted by Crippen LogP contribution is 2.23. The fraction of sp³-hybridized carbons (Fsp3) is 0.929. The number of rotatable bonds is 6. The van der Waals surface area contributed by atoms with Crippen LogP contribution < -0.4 is 5.32 Å². The lowest BCUT2D eigenvalue weighted by molar-refractivity contribution is 0.195. The number of methoxy groups -OCH3 is 1. The van der Waals surface area contributed by atoms with Crippen molar-refractivity contribution in [2.75, 3.05) is 40.4 Å². The van der Waals surface area contributed by atoms with Crippen molar-refractivity contribution >= 4 is 5.96 Å². The number of aliphatic imine (C=N–C) groups is 1. The van der Waals surface area contributed by atoms with E-state index in [0.717, 1.165) is 50.5 Å². The van der Waals surface area contributed by atoms with Gasteiger partial charge in [0.2, 0.25) is 0 Å². The number of likely N-dealkylation sites (tertiary alicyclic amines) is 1. The van der Waals surface area contributed by atoms with Gasteiger partial charge in [-0.2, -0.15) is 0 Å². The van der Waals surface area contributed by atoms with Crippen molar-refractivity contribution in [3.05, 3.63) is 0 Å². The first kappa shape index (κ1) is 15.3. The van der Waals surface area contributed by atoms with E-state index < -0.39 is 0 Å². The summed E-state index contributed by atoms with van der Waals surface area (Å²) < 4.78 is 5.05. The lowest BCUT2D eigenvalue weighted by atomic mass is 9.97. The van der Waals surface area contributed by atoms with E-state index in [1.165, 1.54) is 12.8 Å². The lowest BCUT2D eigenvalue weighted by Crippen LogP contribution is -2.40.